The molecule has 3 nitrogen and oxygen atoms in total. The van der Waals surface area contributed by atoms with Gasteiger partial charge in [-0.05, 0) is 22.0 Å². The van der Waals surface area contributed by atoms with Crippen LogP contribution < -0.4 is 0 Å². The molecule has 14 heavy (non-hydrogen) atoms. The van der Waals surface area contributed by atoms with Crippen molar-refractivity contribution in [1.29, 1.82) is 0 Å². The maximum atomic E-state index is 13.3. The summed E-state index contributed by atoms with van der Waals surface area (Å²) in [6.45, 7) is 0. The normalized spacial score (nSPS) is 12.6. The van der Waals surface area contributed by atoms with E-state index in [0.29, 0.717) is 0 Å². The van der Waals surface area contributed by atoms with Crippen LogP contribution in [0.5, 0.6) is 0 Å². The summed E-state index contributed by atoms with van der Waals surface area (Å²) in [7, 11) is 0. The Morgan fingerprint density at radius 2 is 2.14 bits per heavy atom. The van der Waals surface area contributed by atoms with Crippen molar-refractivity contribution in [3.05, 3.63) is 33.0 Å². The second kappa shape index (κ2) is 4.25. The van der Waals surface area contributed by atoms with Crippen LogP contribution in [0.25, 0.3) is 0 Å². The Balaban J connectivity index is 3.24. The van der Waals surface area contributed by atoms with Gasteiger partial charge in [0.2, 0.25) is 0 Å². The average Bonchev–Trinajstić information content (AvgIpc) is 2.13. The highest BCUT2D eigenvalue weighted by atomic mass is 79.9. The molecule has 0 aromatic heterocycles. The Labute approximate surface area is 92.2 Å². The lowest BCUT2D eigenvalue weighted by Gasteiger charge is -2.08. The van der Waals surface area contributed by atoms with Gasteiger partial charge in [-0.25, -0.2) is 9.18 Å². The first-order chi connectivity index (χ1) is 6.45. The molecule has 0 radical (unpaired) electrons. The van der Waals surface area contributed by atoms with Crippen LogP contribution >= 0.6 is 27.5 Å². The van der Waals surface area contributed by atoms with Crippen LogP contribution in [0.2, 0.25) is 5.02 Å². The molecule has 0 saturated carbocycles. The highest BCUT2D eigenvalue weighted by Crippen LogP contribution is 2.30. The highest BCUT2D eigenvalue weighted by molar-refractivity contribution is 9.10. The molecule has 0 aliphatic heterocycles. The minimum absolute atomic E-state index is 0.0584. The van der Waals surface area contributed by atoms with Crippen molar-refractivity contribution in [3.63, 3.8) is 0 Å². The number of carboxylic acids is 1. The van der Waals surface area contributed by atoms with Gasteiger partial charge < -0.3 is 10.2 Å². The second-order valence-electron chi connectivity index (χ2n) is 2.51. The van der Waals surface area contributed by atoms with E-state index in [1.54, 1.807) is 0 Å². The lowest BCUT2D eigenvalue weighted by atomic mass is 10.1. The van der Waals surface area contributed by atoms with Crippen molar-refractivity contribution in [2.24, 2.45) is 0 Å². The van der Waals surface area contributed by atoms with Gasteiger partial charge in [-0.15, -0.1) is 0 Å². The van der Waals surface area contributed by atoms with Crippen LogP contribution in [-0.2, 0) is 4.79 Å². The smallest absolute Gasteiger partial charge is 0.337 e. The van der Waals surface area contributed by atoms with Crippen LogP contribution in [-0.4, -0.2) is 16.2 Å². The third-order valence-electron chi connectivity index (χ3n) is 1.59. The summed E-state index contributed by atoms with van der Waals surface area (Å²) < 4.78 is 13.3. The van der Waals surface area contributed by atoms with E-state index < -0.39 is 17.9 Å². The Morgan fingerprint density at radius 3 is 2.64 bits per heavy atom. The quantitative estimate of drug-likeness (QED) is 0.819. The first-order valence-electron chi connectivity index (χ1n) is 3.49. The predicted octanol–water partition coefficient (Wildman–Crippen LogP) is 2.36. The minimum Gasteiger partial charge on any atom is -0.479 e. The van der Waals surface area contributed by atoms with Gasteiger partial charge in [-0.2, -0.15) is 0 Å². The fourth-order valence-electron chi connectivity index (χ4n) is 0.885. The number of aliphatic hydroxyl groups excluding tert-OH is 1. The van der Waals surface area contributed by atoms with Crippen LogP contribution in [0.15, 0.2) is 16.6 Å². The molecule has 1 atom stereocenters. The zero-order chi connectivity index (χ0) is 10.9. The van der Waals surface area contributed by atoms with Crippen molar-refractivity contribution in [2.45, 2.75) is 6.10 Å². The number of hydrogen-bond acceptors (Lipinski definition) is 2. The van der Waals surface area contributed by atoms with Crippen LogP contribution in [0.3, 0.4) is 0 Å². The van der Waals surface area contributed by atoms with Gasteiger partial charge in [0.15, 0.2) is 6.10 Å². The van der Waals surface area contributed by atoms with Gasteiger partial charge in [0, 0.05) is 5.56 Å². The number of benzene rings is 1. The topological polar surface area (TPSA) is 57.5 Å². The standard InChI is InChI=1S/C8H5BrClFO3/c9-5-4(10)2-1-3(6(5)11)7(12)8(13)14/h1-2,7,12H,(H,13,14). The molecule has 2 N–H and O–H groups in total. The number of rotatable bonds is 2. The summed E-state index contributed by atoms with van der Waals surface area (Å²) in [5, 5.41) is 17.7. The summed E-state index contributed by atoms with van der Waals surface area (Å²) in [4.78, 5) is 10.4. The summed E-state index contributed by atoms with van der Waals surface area (Å²) >= 11 is 8.39. The number of carbonyl (C=O) groups is 1. The number of halogens is 3. The summed E-state index contributed by atoms with van der Waals surface area (Å²) in [5.74, 6) is -2.38. The molecule has 0 aliphatic rings. The Kier molecular flexibility index (Phi) is 3.47. The zero-order valence-electron chi connectivity index (χ0n) is 6.67. The van der Waals surface area contributed by atoms with Crippen LogP contribution in [0, 0.1) is 5.82 Å². The third kappa shape index (κ3) is 2.05. The Hall–Kier alpha value is -0.650. The molecule has 1 aromatic rings. The molecule has 6 heteroatoms. The van der Waals surface area contributed by atoms with Gasteiger partial charge >= 0.3 is 5.97 Å². The summed E-state index contributed by atoms with van der Waals surface area (Å²) in [6, 6.07) is 2.43. The monoisotopic (exact) mass is 282 g/mol. The predicted molar refractivity (Wildman–Crippen MR) is 51.7 cm³/mol. The van der Waals surface area contributed by atoms with Crippen molar-refractivity contribution >= 4 is 33.5 Å². The fraction of sp³-hybridized carbons (Fsp3) is 0.125. The molecule has 0 aliphatic carbocycles. The molecule has 0 amide bonds. The summed E-state index contributed by atoms with van der Waals surface area (Å²) in [5.41, 5.74) is -0.325. The van der Waals surface area contributed by atoms with Crippen molar-refractivity contribution in [3.8, 4) is 0 Å². The highest BCUT2D eigenvalue weighted by Gasteiger charge is 2.22. The van der Waals surface area contributed by atoms with E-state index in [-0.39, 0.29) is 15.1 Å². The van der Waals surface area contributed by atoms with E-state index >= 15 is 0 Å². The van der Waals surface area contributed by atoms with Crippen molar-refractivity contribution in [1.82, 2.24) is 0 Å². The van der Waals surface area contributed by atoms with E-state index in [9.17, 15) is 9.18 Å². The van der Waals surface area contributed by atoms with E-state index in [1.165, 1.54) is 6.07 Å². The lowest BCUT2D eigenvalue weighted by molar-refractivity contribution is -0.147. The third-order valence-corrected chi connectivity index (χ3v) is 2.91. The molecule has 0 spiro atoms. The number of aliphatic carboxylic acids is 1. The lowest BCUT2D eigenvalue weighted by Crippen LogP contribution is -2.12. The van der Waals surface area contributed by atoms with E-state index in [2.05, 4.69) is 15.9 Å². The van der Waals surface area contributed by atoms with Crippen LogP contribution in [0.1, 0.15) is 11.7 Å². The minimum atomic E-state index is -1.89. The number of carboxylic acid groups (broad SMARTS) is 1. The Morgan fingerprint density at radius 1 is 1.57 bits per heavy atom. The Bertz CT molecular complexity index is 383. The van der Waals surface area contributed by atoms with Gasteiger partial charge in [-0.3, -0.25) is 0 Å². The first kappa shape index (κ1) is 11.4. The molecule has 0 bridgehead atoms. The molecule has 1 aromatic carbocycles. The van der Waals surface area contributed by atoms with Gasteiger partial charge in [0.1, 0.15) is 5.82 Å². The molecule has 1 unspecified atom stereocenters. The van der Waals surface area contributed by atoms with Gasteiger partial charge in [0.25, 0.3) is 0 Å². The van der Waals surface area contributed by atoms with Crippen molar-refractivity contribution in [2.75, 3.05) is 0 Å². The maximum Gasteiger partial charge on any atom is 0.337 e. The molecule has 0 fully saturated rings. The van der Waals surface area contributed by atoms with Crippen LogP contribution in [0.4, 0.5) is 4.39 Å². The van der Waals surface area contributed by atoms with E-state index in [0.717, 1.165) is 6.07 Å². The molecule has 0 saturated heterocycles. The second-order valence-corrected chi connectivity index (χ2v) is 3.71. The fourth-order valence-corrected chi connectivity index (χ4v) is 1.39. The van der Waals surface area contributed by atoms with E-state index in [1.807, 2.05) is 0 Å². The molecular formula is C8H5BrClFO3. The van der Waals surface area contributed by atoms with Crippen molar-refractivity contribution < 1.29 is 19.4 Å². The zero-order valence-corrected chi connectivity index (χ0v) is 9.01. The molecule has 0 heterocycles. The molecule has 76 valence electrons. The SMILES string of the molecule is O=C(O)C(O)c1ccc(Cl)c(Br)c1F. The number of aliphatic hydroxyl groups is 1. The van der Waals surface area contributed by atoms with Gasteiger partial charge in [0.05, 0.1) is 9.50 Å². The van der Waals surface area contributed by atoms with E-state index in [4.69, 9.17) is 21.8 Å². The molecular weight excluding hydrogens is 278 g/mol. The largest absolute Gasteiger partial charge is 0.479 e. The van der Waals surface area contributed by atoms with Gasteiger partial charge in [-0.1, -0.05) is 17.7 Å². The summed E-state index contributed by atoms with van der Waals surface area (Å²) in [6.07, 6.45) is -1.89. The first-order valence-corrected chi connectivity index (χ1v) is 4.66. The number of hydrogen-bond donors (Lipinski definition) is 2. The maximum absolute atomic E-state index is 13.3. The average molecular weight is 283 g/mol. The molecule has 1 rings (SSSR count).